The smallest absolute Gasteiger partial charge is 0.203 e. The van der Waals surface area contributed by atoms with Crippen LogP contribution in [0.5, 0.6) is 28.7 Å². The monoisotopic (exact) mass is 540 g/mol. The van der Waals surface area contributed by atoms with E-state index in [0.29, 0.717) is 24.0 Å². The number of aryl methyl sites for hydroxylation is 1. The maximum atomic E-state index is 10.8. The first-order valence-corrected chi connectivity index (χ1v) is 12.1. The van der Waals surface area contributed by atoms with Gasteiger partial charge in [0.05, 0.1) is 33.5 Å². The Morgan fingerprint density at radius 1 is 0.921 bits per heavy atom. The molecular weight excluding hydrogens is 504 g/mol. The van der Waals surface area contributed by atoms with Crippen LogP contribution in [0.25, 0.3) is 0 Å². The molecule has 12 heteroatoms. The maximum absolute atomic E-state index is 10.8. The average molecular weight is 541 g/mol. The summed E-state index contributed by atoms with van der Waals surface area (Å²) in [5, 5.41) is 70.7. The average Bonchev–Trinajstić information content (AvgIpc) is 2.91. The summed E-state index contributed by atoms with van der Waals surface area (Å²) in [6.07, 6.45) is -7.37. The van der Waals surface area contributed by atoms with Crippen molar-refractivity contribution in [1.82, 2.24) is 0 Å². The van der Waals surface area contributed by atoms with E-state index in [4.69, 9.17) is 23.7 Å². The number of ether oxygens (including phenoxy) is 5. The Kier molecular flexibility index (Phi) is 10.4. The normalized spacial score (nSPS) is 25.0. The molecular formula is C26H36O12. The van der Waals surface area contributed by atoms with Gasteiger partial charge in [-0.05, 0) is 55.2 Å². The van der Waals surface area contributed by atoms with E-state index in [0.717, 1.165) is 0 Å². The third-order valence-electron chi connectivity index (χ3n) is 6.36. The highest BCUT2D eigenvalue weighted by Gasteiger charge is 2.42. The number of benzene rings is 2. The summed E-state index contributed by atoms with van der Waals surface area (Å²) in [6, 6.07) is 7.30. The van der Waals surface area contributed by atoms with Crippen LogP contribution < -0.4 is 14.2 Å². The molecule has 0 aromatic heterocycles. The molecule has 0 amide bonds. The standard InChI is InChI=1S/C26H36O12/c1-13-21(30)23(32)24(33)26(37-13)36-8-4-5-14-9-17(29)25(19(10-14)35-3)38-20(12-27)22(31)15-6-7-16(28)18(11-15)34-2/h6-7,9-11,13,20-24,26-33H,4-5,8,12H2,1-3H3/t13-,20-,21-,22-,23+,24+,26+/m0/s1. The molecule has 38 heavy (non-hydrogen) atoms. The van der Waals surface area contributed by atoms with Gasteiger partial charge in [-0.15, -0.1) is 0 Å². The highest BCUT2D eigenvalue weighted by molar-refractivity contribution is 5.53. The molecule has 0 spiro atoms. The van der Waals surface area contributed by atoms with Gasteiger partial charge in [0.1, 0.15) is 24.4 Å². The topological polar surface area (TPSA) is 188 Å². The van der Waals surface area contributed by atoms with E-state index in [2.05, 4.69) is 0 Å². The van der Waals surface area contributed by atoms with Gasteiger partial charge in [0.15, 0.2) is 35.4 Å². The highest BCUT2D eigenvalue weighted by atomic mass is 16.7. The summed E-state index contributed by atoms with van der Waals surface area (Å²) in [6.45, 7) is 1.13. The Bertz CT molecular complexity index is 1050. The van der Waals surface area contributed by atoms with Crippen molar-refractivity contribution in [2.24, 2.45) is 0 Å². The fourth-order valence-electron chi connectivity index (χ4n) is 4.13. The molecule has 1 aliphatic heterocycles. The summed E-state index contributed by atoms with van der Waals surface area (Å²) in [7, 11) is 2.75. The van der Waals surface area contributed by atoms with E-state index in [1.165, 1.54) is 38.5 Å². The summed E-state index contributed by atoms with van der Waals surface area (Å²) < 4.78 is 27.1. The van der Waals surface area contributed by atoms with Crippen LogP contribution in [0.1, 0.15) is 30.6 Å². The zero-order valence-corrected chi connectivity index (χ0v) is 21.4. The highest BCUT2D eigenvalue weighted by Crippen LogP contribution is 2.40. The second kappa shape index (κ2) is 13.3. The molecule has 0 unspecified atom stereocenters. The number of methoxy groups -OCH3 is 2. The van der Waals surface area contributed by atoms with Gasteiger partial charge in [0, 0.05) is 0 Å². The second-order valence-corrected chi connectivity index (χ2v) is 9.02. The number of rotatable bonds is 12. The van der Waals surface area contributed by atoms with E-state index < -0.39 is 49.5 Å². The SMILES string of the molecule is COc1cc([C@H](O)[C@H](CO)Oc2c(O)cc(CCCO[C@@H]3O[C@@H](C)[C@H](O)[C@@H](O)[C@H]3O)cc2OC)ccc1O. The van der Waals surface area contributed by atoms with Crippen molar-refractivity contribution in [3.05, 3.63) is 41.5 Å². The minimum Gasteiger partial charge on any atom is -0.504 e. The van der Waals surface area contributed by atoms with Crippen molar-refractivity contribution >= 4 is 0 Å². The van der Waals surface area contributed by atoms with E-state index in [1.807, 2.05) is 0 Å². The lowest BCUT2D eigenvalue weighted by molar-refractivity contribution is -0.293. The zero-order chi connectivity index (χ0) is 28.0. The van der Waals surface area contributed by atoms with Gasteiger partial charge in [-0.3, -0.25) is 0 Å². The van der Waals surface area contributed by atoms with Crippen LogP contribution in [-0.4, -0.2) is 100.0 Å². The first-order valence-electron chi connectivity index (χ1n) is 12.1. The Hall–Kier alpha value is -2.84. The third kappa shape index (κ3) is 6.77. The molecule has 0 aliphatic carbocycles. The van der Waals surface area contributed by atoms with Crippen LogP contribution in [-0.2, 0) is 15.9 Å². The number of hydrogen-bond donors (Lipinski definition) is 7. The number of aliphatic hydroxyl groups is 5. The first kappa shape index (κ1) is 29.7. The van der Waals surface area contributed by atoms with Crippen molar-refractivity contribution in [1.29, 1.82) is 0 Å². The molecule has 12 nitrogen and oxygen atoms in total. The molecule has 0 bridgehead atoms. The molecule has 212 valence electrons. The van der Waals surface area contributed by atoms with Crippen LogP contribution in [0, 0.1) is 0 Å². The van der Waals surface area contributed by atoms with E-state index in [9.17, 15) is 35.7 Å². The predicted octanol–water partition coefficient (Wildman–Crippen LogP) is 0.365. The Balaban J connectivity index is 1.63. The number of hydrogen-bond acceptors (Lipinski definition) is 12. The van der Waals surface area contributed by atoms with Crippen LogP contribution in [0.3, 0.4) is 0 Å². The Morgan fingerprint density at radius 3 is 2.29 bits per heavy atom. The predicted molar refractivity (Wildman–Crippen MR) is 132 cm³/mol. The fraction of sp³-hybridized carbons (Fsp3) is 0.538. The summed E-state index contributed by atoms with van der Waals surface area (Å²) in [4.78, 5) is 0. The third-order valence-corrected chi connectivity index (χ3v) is 6.36. The summed E-state index contributed by atoms with van der Waals surface area (Å²) in [5.74, 6) is -0.145. The van der Waals surface area contributed by atoms with Crippen LogP contribution >= 0.6 is 0 Å². The van der Waals surface area contributed by atoms with Crippen molar-refractivity contribution in [3.63, 3.8) is 0 Å². The van der Waals surface area contributed by atoms with E-state index in [-0.39, 0.29) is 35.4 Å². The minimum absolute atomic E-state index is 0.0726. The number of aromatic hydroxyl groups is 2. The lowest BCUT2D eigenvalue weighted by atomic mass is 10.00. The van der Waals surface area contributed by atoms with Crippen LogP contribution in [0.15, 0.2) is 30.3 Å². The molecule has 0 radical (unpaired) electrons. The maximum Gasteiger partial charge on any atom is 0.203 e. The van der Waals surface area contributed by atoms with Crippen molar-refractivity contribution in [2.45, 2.75) is 62.7 Å². The molecule has 0 saturated carbocycles. The zero-order valence-electron chi connectivity index (χ0n) is 21.4. The quantitative estimate of drug-likeness (QED) is 0.184. The minimum atomic E-state index is -1.39. The van der Waals surface area contributed by atoms with E-state index in [1.54, 1.807) is 13.0 Å². The Labute approximate surface area is 220 Å². The van der Waals surface area contributed by atoms with Gasteiger partial charge in [0.2, 0.25) is 5.75 Å². The molecule has 1 saturated heterocycles. The first-order chi connectivity index (χ1) is 18.1. The second-order valence-electron chi connectivity index (χ2n) is 9.02. The molecule has 7 N–H and O–H groups in total. The lowest BCUT2D eigenvalue weighted by Gasteiger charge is -2.38. The van der Waals surface area contributed by atoms with Crippen LogP contribution in [0.4, 0.5) is 0 Å². The van der Waals surface area contributed by atoms with Gasteiger partial charge in [0.25, 0.3) is 0 Å². The van der Waals surface area contributed by atoms with Gasteiger partial charge in [-0.1, -0.05) is 6.07 Å². The Morgan fingerprint density at radius 2 is 1.63 bits per heavy atom. The number of phenols is 2. The largest absolute Gasteiger partial charge is 0.504 e. The molecule has 1 fully saturated rings. The van der Waals surface area contributed by atoms with Crippen molar-refractivity contribution in [2.75, 3.05) is 27.4 Å². The molecule has 7 atom stereocenters. The molecule has 2 aromatic carbocycles. The molecule has 3 rings (SSSR count). The van der Waals surface area contributed by atoms with Gasteiger partial charge < -0.3 is 59.4 Å². The van der Waals surface area contributed by atoms with Gasteiger partial charge in [-0.25, -0.2) is 0 Å². The number of phenolic OH excluding ortho intramolecular Hbond substituents is 2. The van der Waals surface area contributed by atoms with Gasteiger partial charge >= 0.3 is 0 Å². The summed E-state index contributed by atoms with van der Waals surface area (Å²) in [5.41, 5.74) is 0.992. The fourth-order valence-corrected chi connectivity index (χ4v) is 4.13. The van der Waals surface area contributed by atoms with Crippen molar-refractivity contribution < 1.29 is 59.4 Å². The van der Waals surface area contributed by atoms with Crippen molar-refractivity contribution in [3.8, 4) is 28.7 Å². The van der Waals surface area contributed by atoms with Crippen LogP contribution in [0.2, 0.25) is 0 Å². The molecule has 1 aliphatic rings. The van der Waals surface area contributed by atoms with Gasteiger partial charge in [-0.2, -0.15) is 0 Å². The molecule has 1 heterocycles. The van der Waals surface area contributed by atoms with E-state index >= 15 is 0 Å². The number of aliphatic hydroxyl groups excluding tert-OH is 5. The lowest BCUT2D eigenvalue weighted by Crippen LogP contribution is -2.57. The summed E-state index contributed by atoms with van der Waals surface area (Å²) >= 11 is 0. The molecule has 2 aromatic rings.